The topological polar surface area (TPSA) is 299 Å². The number of imidazole rings is 1. The second kappa shape index (κ2) is 11.9. The number of H-pyrrole nitrogens is 2. The van der Waals surface area contributed by atoms with E-state index in [1.54, 1.807) is 0 Å². The van der Waals surface area contributed by atoms with E-state index in [4.69, 9.17) is 19.4 Å². The summed E-state index contributed by atoms with van der Waals surface area (Å²) in [6, 6.07) is 0. The van der Waals surface area contributed by atoms with Gasteiger partial charge in [0.05, 0.1) is 19.0 Å². The van der Waals surface area contributed by atoms with Gasteiger partial charge in [-0.3, -0.25) is 23.9 Å². The number of rotatable bonds is 8. The van der Waals surface area contributed by atoms with Crippen LogP contribution in [0.4, 0.5) is 0 Å². The first kappa shape index (κ1) is 32.5. The molecule has 2 aromatic heterocycles. The molecule has 180 valence electrons. The molecule has 0 radical (unpaired) electrons. The number of nitrogens with zero attached hydrogens (tertiary/aromatic N) is 2. The Balaban J connectivity index is 0.00000289. The van der Waals surface area contributed by atoms with Crippen LogP contribution < -0.4 is 80.6 Å². The molecule has 24 heteroatoms. The summed E-state index contributed by atoms with van der Waals surface area (Å²) >= 11 is 0. The average molecular weight is 568 g/mol. The fourth-order valence-corrected chi connectivity index (χ4v) is 5.71. The summed E-state index contributed by atoms with van der Waals surface area (Å²) in [4.78, 5) is 66.4. The molecule has 34 heavy (non-hydrogen) atoms. The first-order valence-electron chi connectivity index (χ1n) is 8.03. The van der Waals surface area contributed by atoms with Crippen LogP contribution in [0.1, 0.15) is 6.23 Å². The molecular formula is C10H13N4Na2O15P3. The number of hydrogen-bond donors (Lipinski definition) is 6. The van der Waals surface area contributed by atoms with Gasteiger partial charge in [0.1, 0.15) is 11.9 Å². The van der Waals surface area contributed by atoms with Gasteiger partial charge < -0.3 is 34.5 Å². The summed E-state index contributed by atoms with van der Waals surface area (Å²) in [6.45, 7) is -1.14. The molecule has 6 N–H and O–H groups in total. The minimum atomic E-state index is -5.77. The number of ether oxygens (including phenoxy) is 1. The summed E-state index contributed by atoms with van der Waals surface area (Å²) in [5.41, 5.74) is -2.34. The van der Waals surface area contributed by atoms with Crippen LogP contribution in [0.15, 0.2) is 15.9 Å². The fourth-order valence-electron chi connectivity index (χ4n) is 2.68. The molecule has 0 aliphatic carbocycles. The molecule has 2 unspecified atom stereocenters. The quantitative estimate of drug-likeness (QED) is 0.127. The minimum absolute atomic E-state index is 0. The van der Waals surface area contributed by atoms with Gasteiger partial charge in [-0.15, -0.1) is 6.10 Å². The minimum Gasteiger partial charge on any atom is -0.851 e. The largest absolute Gasteiger partial charge is 1.00 e. The van der Waals surface area contributed by atoms with Crippen molar-refractivity contribution in [3.63, 3.8) is 0 Å². The summed E-state index contributed by atoms with van der Waals surface area (Å²) in [5, 5.41) is 24.6. The van der Waals surface area contributed by atoms with Crippen molar-refractivity contribution in [2.45, 2.75) is 24.5 Å². The van der Waals surface area contributed by atoms with Crippen LogP contribution in [0.25, 0.3) is 11.2 Å². The molecule has 1 fully saturated rings. The molecular weight excluding hydrogens is 555 g/mol. The average Bonchev–Trinajstić information content (AvgIpc) is 3.12. The van der Waals surface area contributed by atoms with Gasteiger partial charge in [-0.2, -0.15) is 8.62 Å². The zero-order chi connectivity index (χ0) is 24.1. The van der Waals surface area contributed by atoms with E-state index in [-0.39, 0.29) is 70.3 Å². The molecule has 0 bridgehead atoms. The number of nitrogens with one attached hydrogen (secondary N) is 2. The zero-order valence-corrected chi connectivity index (χ0v) is 23.8. The third-order valence-corrected chi connectivity index (χ3v) is 7.65. The van der Waals surface area contributed by atoms with E-state index >= 15 is 0 Å². The molecule has 2 aromatic rings. The third-order valence-electron chi connectivity index (χ3n) is 3.85. The number of hydrogen-bond acceptors (Lipinski definition) is 12. The van der Waals surface area contributed by atoms with Crippen LogP contribution in [0, 0.1) is 0 Å². The van der Waals surface area contributed by atoms with Crippen molar-refractivity contribution in [3.05, 3.63) is 27.2 Å². The maximum absolute atomic E-state index is 12.3. The molecule has 19 nitrogen and oxygen atoms in total. The van der Waals surface area contributed by atoms with E-state index in [0.717, 1.165) is 10.9 Å². The Kier molecular flexibility index (Phi) is 11.3. The van der Waals surface area contributed by atoms with Gasteiger partial charge in [0.2, 0.25) is 0 Å². The van der Waals surface area contributed by atoms with Gasteiger partial charge in [-0.1, -0.05) is 6.10 Å². The second-order valence-corrected chi connectivity index (χ2v) is 10.6. The van der Waals surface area contributed by atoms with Crippen LogP contribution in [-0.2, 0) is 31.6 Å². The van der Waals surface area contributed by atoms with Crippen molar-refractivity contribution < 1.29 is 120 Å². The second-order valence-electron chi connectivity index (χ2n) is 6.14. The molecule has 3 rings (SSSR count). The Morgan fingerprint density at radius 1 is 1.03 bits per heavy atom. The van der Waals surface area contributed by atoms with Crippen molar-refractivity contribution >= 4 is 34.6 Å². The standard InChI is InChI=1S/C10H13N4O15P3.2Na/c15-5-3(1-26-31(22,23)29-32(24,25)28-30(19,20)21)27-9(6(5)16)14-2-11-4-7(14)12-10(18)13-8(4)17;;/h2-3,5-6,9H,1H2,(H,22,23)(H,24,25)(H2,19,20,21)(H2,12,13,17,18);;/q-2;2*+1/t3-,5-,6-,9-;;/m1../s1. The van der Waals surface area contributed by atoms with E-state index in [2.05, 4.69) is 23.1 Å². The summed E-state index contributed by atoms with van der Waals surface area (Å²) in [5.74, 6) is 0. The Morgan fingerprint density at radius 3 is 2.24 bits per heavy atom. The van der Waals surface area contributed by atoms with Crippen molar-refractivity contribution in [1.82, 2.24) is 19.5 Å². The smallest absolute Gasteiger partial charge is 0.851 e. The zero-order valence-electron chi connectivity index (χ0n) is 17.1. The molecule has 1 saturated heterocycles. The maximum Gasteiger partial charge on any atom is 1.00 e. The molecule has 0 spiro atoms. The Hall–Kier alpha value is 0.440. The van der Waals surface area contributed by atoms with Crippen molar-refractivity contribution in [2.75, 3.05) is 6.61 Å². The summed E-state index contributed by atoms with van der Waals surface area (Å²) in [6.07, 6.45) is -6.68. The predicted octanol–water partition coefficient (Wildman–Crippen LogP) is -9.88. The normalized spacial score (nSPS) is 26.3. The van der Waals surface area contributed by atoms with Gasteiger partial charge >= 0.3 is 88.3 Å². The molecule has 3 heterocycles. The van der Waals surface area contributed by atoms with Crippen LogP contribution in [-0.4, -0.2) is 64.0 Å². The molecule has 0 amide bonds. The molecule has 0 saturated carbocycles. The number of aromatic amines is 2. The van der Waals surface area contributed by atoms with Crippen LogP contribution in [0.5, 0.6) is 0 Å². The van der Waals surface area contributed by atoms with Crippen molar-refractivity contribution in [2.24, 2.45) is 0 Å². The third kappa shape index (κ3) is 7.97. The van der Waals surface area contributed by atoms with E-state index in [9.17, 15) is 38.4 Å². The fraction of sp³-hybridized carbons (Fsp3) is 0.500. The predicted molar refractivity (Wildman–Crippen MR) is 92.3 cm³/mol. The van der Waals surface area contributed by atoms with Crippen LogP contribution >= 0.6 is 23.5 Å². The Labute approximate surface area is 231 Å². The van der Waals surface area contributed by atoms with Gasteiger partial charge in [0.25, 0.3) is 5.56 Å². The Bertz CT molecular complexity index is 1270. The first-order chi connectivity index (χ1) is 14.6. The van der Waals surface area contributed by atoms with E-state index in [0.29, 0.717) is 0 Å². The molecule has 0 aromatic carbocycles. The molecule has 1 aliphatic rings. The first-order valence-corrected chi connectivity index (χ1v) is 12.6. The van der Waals surface area contributed by atoms with E-state index in [1.807, 2.05) is 4.98 Å². The van der Waals surface area contributed by atoms with Gasteiger partial charge in [-0.25, -0.2) is 23.5 Å². The molecule has 1 aliphatic heterocycles. The number of phosphoric ester groups is 1. The molecule has 6 atom stereocenters. The van der Waals surface area contributed by atoms with Crippen LogP contribution in [0.2, 0.25) is 0 Å². The van der Waals surface area contributed by atoms with Gasteiger partial charge in [0, 0.05) is 0 Å². The SMILES string of the molecule is O=c1[nH]c(=O)c2ncn([C@@H]3O[C@H](COP(=O)(O)OP(=O)(O)OP(=O)(O)O)[C@@H]([O-])[C@H]3[O-])c2[nH]1.[Na+].[Na+]. The van der Waals surface area contributed by atoms with E-state index < -0.39 is 65.9 Å². The number of fused-ring (bicyclic) bond motifs is 1. The summed E-state index contributed by atoms with van der Waals surface area (Å²) < 4.78 is 51.0. The van der Waals surface area contributed by atoms with Crippen LogP contribution in [0.3, 0.4) is 0 Å². The monoisotopic (exact) mass is 568 g/mol. The van der Waals surface area contributed by atoms with E-state index in [1.165, 1.54) is 0 Å². The maximum atomic E-state index is 12.3. The number of phosphoric acid groups is 3. The van der Waals surface area contributed by atoms with Gasteiger partial charge in [-0.05, 0) is 0 Å². The number of aromatic nitrogens is 4. The summed E-state index contributed by atoms with van der Waals surface area (Å²) in [7, 11) is -16.9. The van der Waals surface area contributed by atoms with Crippen molar-refractivity contribution in [1.29, 1.82) is 0 Å². The Morgan fingerprint density at radius 2 is 1.65 bits per heavy atom. The van der Waals surface area contributed by atoms with Crippen molar-refractivity contribution in [3.8, 4) is 0 Å². The van der Waals surface area contributed by atoms with Gasteiger partial charge in [0.15, 0.2) is 5.52 Å².